The lowest BCUT2D eigenvalue weighted by molar-refractivity contribution is -0.143. The first-order valence-electron chi connectivity index (χ1n) is 12.7. The van der Waals surface area contributed by atoms with Crippen LogP contribution < -0.4 is 0 Å². The van der Waals surface area contributed by atoms with Crippen LogP contribution in [0.15, 0.2) is 12.2 Å². The van der Waals surface area contributed by atoms with Gasteiger partial charge in [0, 0.05) is 12.2 Å². The summed E-state index contributed by atoms with van der Waals surface area (Å²) in [5.41, 5.74) is 0. The van der Waals surface area contributed by atoms with Gasteiger partial charge >= 0.3 is 5.97 Å². The summed E-state index contributed by atoms with van der Waals surface area (Å²) in [7, 11) is 0. The predicted molar refractivity (Wildman–Crippen MR) is 132 cm³/mol. The van der Waals surface area contributed by atoms with Gasteiger partial charge in [0.2, 0.25) is 0 Å². The van der Waals surface area contributed by atoms with E-state index in [0.717, 1.165) is 12.8 Å². The third kappa shape index (κ3) is 25.5. The van der Waals surface area contributed by atoms with Crippen LogP contribution in [0.5, 0.6) is 0 Å². The summed E-state index contributed by atoms with van der Waals surface area (Å²) >= 11 is 4.03. The Morgan fingerprint density at radius 3 is 1.52 bits per heavy atom. The molecule has 0 aliphatic rings. The highest BCUT2D eigenvalue weighted by molar-refractivity contribution is 7.80. The van der Waals surface area contributed by atoms with Crippen LogP contribution in [0.1, 0.15) is 135 Å². The summed E-state index contributed by atoms with van der Waals surface area (Å²) < 4.78 is 5.02. The van der Waals surface area contributed by atoms with E-state index in [2.05, 4.69) is 31.7 Å². The Hall–Kier alpha value is -0.440. The smallest absolute Gasteiger partial charge is 0.305 e. The van der Waals surface area contributed by atoms with Crippen molar-refractivity contribution >= 4 is 18.6 Å². The third-order valence-corrected chi connectivity index (χ3v) is 5.68. The molecule has 0 N–H and O–H groups in total. The first-order valence-corrected chi connectivity index (χ1v) is 13.4. The number of hydrogen-bond donors (Lipinski definition) is 1. The molecule has 0 saturated carbocycles. The molecule has 0 aromatic heterocycles. The summed E-state index contributed by atoms with van der Waals surface area (Å²) in [6, 6.07) is 0. The fourth-order valence-corrected chi connectivity index (χ4v) is 3.72. The zero-order valence-electron chi connectivity index (χ0n) is 19.5. The molecule has 0 saturated heterocycles. The van der Waals surface area contributed by atoms with Crippen molar-refractivity contribution in [2.24, 2.45) is 0 Å². The van der Waals surface area contributed by atoms with Crippen molar-refractivity contribution in [3.63, 3.8) is 0 Å². The molecule has 0 amide bonds. The molecule has 0 aromatic rings. The molecule has 3 heteroatoms. The monoisotopic (exact) mass is 426 g/mol. The summed E-state index contributed by atoms with van der Waals surface area (Å²) in [6.45, 7) is 2.72. The van der Waals surface area contributed by atoms with E-state index in [4.69, 9.17) is 4.74 Å². The number of thiol groups is 1. The highest BCUT2D eigenvalue weighted by Crippen LogP contribution is 2.13. The highest BCUT2D eigenvalue weighted by Gasteiger charge is 2.01. The molecule has 0 spiro atoms. The number of unbranched alkanes of at least 4 members (excludes halogenated alkanes) is 17. The Bertz CT molecular complexity index is 355. The number of hydrogen-bond acceptors (Lipinski definition) is 3. The molecule has 0 atom stereocenters. The van der Waals surface area contributed by atoms with Crippen molar-refractivity contribution in [1.82, 2.24) is 0 Å². The fourth-order valence-electron chi connectivity index (χ4n) is 3.63. The van der Waals surface area contributed by atoms with E-state index < -0.39 is 0 Å². The van der Waals surface area contributed by atoms with Crippen molar-refractivity contribution in [2.45, 2.75) is 135 Å². The number of allylic oxidation sites excluding steroid dienone is 2. The van der Waals surface area contributed by atoms with E-state index in [1.165, 1.54) is 109 Å². The SMILES string of the molecule is CCCCCCCCC/C=C/CCCCCCCCCCCCC(=O)OCCS. The molecular weight excluding hydrogens is 376 g/mol. The van der Waals surface area contributed by atoms with Crippen LogP contribution in [0.3, 0.4) is 0 Å². The molecule has 0 rings (SSSR count). The Morgan fingerprint density at radius 2 is 1.07 bits per heavy atom. The standard InChI is InChI=1S/C26H50O2S/c1-2-3-4-5-6-7-8-9-10-11-12-13-14-15-16-17-18-19-20-21-22-23-26(27)28-24-25-29/h10-11,29H,2-9,12-25H2,1H3/b11-10+. The normalized spacial score (nSPS) is 11.4. The van der Waals surface area contributed by atoms with Gasteiger partial charge in [-0.2, -0.15) is 12.6 Å². The first kappa shape index (κ1) is 28.6. The van der Waals surface area contributed by atoms with Crippen LogP contribution >= 0.6 is 12.6 Å². The topological polar surface area (TPSA) is 26.3 Å². The van der Waals surface area contributed by atoms with Crippen molar-refractivity contribution < 1.29 is 9.53 Å². The Balaban J connectivity index is 3.12. The minimum atomic E-state index is -0.0632. The van der Waals surface area contributed by atoms with Gasteiger partial charge in [0.05, 0.1) is 0 Å². The van der Waals surface area contributed by atoms with Gasteiger partial charge in [0.1, 0.15) is 6.61 Å². The Morgan fingerprint density at radius 1 is 0.655 bits per heavy atom. The van der Waals surface area contributed by atoms with E-state index in [-0.39, 0.29) is 5.97 Å². The second-order valence-corrected chi connectivity index (χ2v) is 8.85. The van der Waals surface area contributed by atoms with Gasteiger partial charge in [0.25, 0.3) is 0 Å². The molecule has 0 fully saturated rings. The maximum Gasteiger partial charge on any atom is 0.305 e. The van der Waals surface area contributed by atoms with Gasteiger partial charge < -0.3 is 4.74 Å². The molecule has 0 radical (unpaired) electrons. The second-order valence-electron chi connectivity index (χ2n) is 8.40. The molecule has 0 aliphatic heterocycles. The van der Waals surface area contributed by atoms with Crippen molar-refractivity contribution in [2.75, 3.05) is 12.4 Å². The van der Waals surface area contributed by atoms with Gasteiger partial charge in [0.15, 0.2) is 0 Å². The summed E-state index contributed by atoms with van der Waals surface area (Å²) in [6.07, 6.45) is 30.7. The molecule has 172 valence electrons. The molecular formula is C26H50O2S. The third-order valence-electron chi connectivity index (χ3n) is 5.50. The molecule has 0 bridgehead atoms. The minimum absolute atomic E-state index is 0.0632. The number of ether oxygens (including phenoxy) is 1. The van der Waals surface area contributed by atoms with Crippen LogP contribution in [0, 0.1) is 0 Å². The van der Waals surface area contributed by atoms with E-state index in [0.29, 0.717) is 18.8 Å². The lowest BCUT2D eigenvalue weighted by Gasteiger charge is -2.03. The largest absolute Gasteiger partial charge is 0.465 e. The Kier molecular flexibility index (Phi) is 25.2. The molecule has 0 unspecified atom stereocenters. The quantitative estimate of drug-likeness (QED) is 0.0764. The van der Waals surface area contributed by atoms with Crippen LogP contribution in [-0.4, -0.2) is 18.3 Å². The molecule has 2 nitrogen and oxygen atoms in total. The van der Waals surface area contributed by atoms with Crippen molar-refractivity contribution in [3.8, 4) is 0 Å². The maximum absolute atomic E-state index is 11.3. The zero-order valence-corrected chi connectivity index (χ0v) is 20.4. The number of carbonyl (C=O) groups excluding carboxylic acids is 1. The summed E-state index contributed by atoms with van der Waals surface area (Å²) in [4.78, 5) is 11.3. The van der Waals surface area contributed by atoms with E-state index in [9.17, 15) is 4.79 Å². The molecule has 0 heterocycles. The van der Waals surface area contributed by atoms with Crippen LogP contribution in [0.4, 0.5) is 0 Å². The Labute approximate surface area is 188 Å². The van der Waals surface area contributed by atoms with Crippen LogP contribution in [0.25, 0.3) is 0 Å². The second kappa shape index (κ2) is 25.6. The van der Waals surface area contributed by atoms with Gasteiger partial charge in [-0.15, -0.1) is 0 Å². The van der Waals surface area contributed by atoms with Crippen LogP contribution in [-0.2, 0) is 9.53 Å². The van der Waals surface area contributed by atoms with Crippen LogP contribution in [0.2, 0.25) is 0 Å². The summed E-state index contributed by atoms with van der Waals surface area (Å²) in [5.74, 6) is 0.550. The lowest BCUT2D eigenvalue weighted by atomic mass is 10.0. The average Bonchev–Trinajstić information content (AvgIpc) is 2.73. The molecule has 0 aromatic carbocycles. The first-order chi connectivity index (χ1) is 14.3. The van der Waals surface area contributed by atoms with Gasteiger partial charge in [-0.25, -0.2) is 0 Å². The average molecular weight is 427 g/mol. The van der Waals surface area contributed by atoms with Gasteiger partial charge in [-0.05, 0) is 32.1 Å². The van der Waals surface area contributed by atoms with E-state index in [1.807, 2.05) is 0 Å². The minimum Gasteiger partial charge on any atom is -0.465 e. The number of carbonyl (C=O) groups is 1. The number of rotatable bonds is 23. The summed E-state index contributed by atoms with van der Waals surface area (Å²) in [5, 5.41) is 0. The zero-order chi connectivity index (χ0) is 21.3. The maximum atomic E-state index is 11.3. The predicted octanol–water partition coefficient (Wildman–Crippen LogP) is 8.84. The highest BCUT2D eigenvalue weighted by atomic mass is 32.1. The number of esters is 1. The fraction of sp³-hybridized carbons (Fsp3) is 0.885. The van der Waals surface area contributed by atoms with E-state index >= 15 is 0 Å². The van der Waals surface area contributed by atoms with Crippen molar-refractivity contribution in [1.29, 1.82) is 0 Å². The van der Waals surface area contributed by atoms with E-state index in [1.54, 1.807) is 0 Å². The van der Waals surface area contributed by atoms with Gasteiger partial charge in [-0.3, -0.25) is 4.79 Å². The van der Waals surface area contributed by atoms with Gasteiger partial charge in [-0.1, -0.05) is 109 Å². The lowest BCUT2D eigenvalue weighted by Crippen LogP contribution is -2.06. The molecule has 29 heavy (non-hydrogen) atoms. The van der Waals surface area contributed by atoms with Crippen molar-refractivity contribution in [3.05, 3.63) is 12.2 Å². The molecule has 0 aliphatic carbocycles.